The molecule has 0 fully saturated rings. The Bertz CT molecular complexity index is 1550. The largest absolute Gasteiger partial charge is 0.383 e. The number of hydrogen-bond acceptors (Lipinski definition) is 7. The van der Waals surface area contributed by atoms with E-state index in [1.807, 2.05) is 30.3 Å². The van der Waals surface area contributed by atoms with Gasteiger partial charge in [0.1, 0.15) is 23.8 Å². The predicted octanol–water partition coefficient (Wildman–Crippen LogP) is 5.65. The van der Waals surface area contributed by atoms with Crippen LogP contribution in [-0.4, -0.2) is 20.9 Å². The van der Waals surface area contributed by atoms with Crippen molar-refractivity contribution in [3.05, 3.63) is 95.0 Å². The quantitative estimate of drug-likeness (QED) is 0.288. The molecule has 0 unspecified atom stereocenters. The van der Waals surface area contributed by atoms with Gasteiger partial charge in [0, 0.05) is 27.0 Å². The van der Waals surface area contributed by atoms with Crippen molar-refractivity contribution in [1.82, 2.24) is 15.0 Å². The number of halogens is 1. The second-order valence-electron chi connectivity index (χ2n) is 7.93. The number of nitrogens with one attached hydrogen (secondary N) is 2. The fourth-order valence-corrected chi connectivity index (χ4v) is 4.57. The van der Waals surface area contributed by atoms with Crippen LogP contribution >= 0.6 is 11.3 Å². The molecule has 3 heterocycles. The third-order valence-electron chi connectivity index (χ3n) is 5.52. The van der Waals surface area contributed by atoms with Gasteiger partial charge in [-0.2, -0.15) is 0 Å². The number of aryl methyl sites for hydroxylation is 1. The first-order chi connectivity index (χ1) is 17.0. The van der Waals surface area contributed by atoms with Crippen LogP contribution in [0.3, 0.4) is 0 Å². The third kappa shape index (κ3) is 4.80. The maximum absolute atomic E-state index is 13.9. The van der Waals surface area contributed by atoms with E-state index in [4.69, 9.17) is 5.73 Å². The van der Waals surface area contributed by atoms with Crippen LogP contribution in [0.1, 0.15) is 20.8 Å². The van der Waals surface area contributed by atoms with E-state index in [0.29, 0.717) is 35.0 Å². The number of carbonyl (C=O) groups is 1. The summed E-state index contributed by atoms with van der Waals surface area (Å²) in [6, 6.07) is 18.0. The molecule has 35 heavy (non-hydrogen) atoms. The minimum Gasteiger partial charge on any atom is -0.383 e. The molecule has 4 N–H and O–H groups in total. The fourth-order valence-electron chi connectivity index (χ4n) is 3.63. The van der Waals surface area contributed by atoms with Crippen LogP contribution in [0.2, 0.25) is 0 Å². The van der Waals surface area contributed by atoms with Gasteiger partial charge in [-0.25, -0.2) is 19.3 Å². The highest BCUT2D eigenvalue weighted by Gasteiger charge is 2.14. The molecule has 1 amide bonds. The highest BCUT2D eigenvalue weighted by molar-refractivity contribution is 7.15. The van der Waals surface area contributed by atoms with Crippen LogP contribution in [0.4, 0.5) is 21.7 Å². The molecule has 9 heteroatoms. The Kier molecular flexibility index (Phi) is 6.07. The molecular formula is C26H21FN6OS. The first kappa shape index (κ1) is 22.4. The molecule has 0 spiro atoms. The number of fused-ring (bicyclic) bond motifs is 1. The summed E-state index contributed by atoms with van der Waals surface area (Å²) in [5.74, 6) is 0.155. The van der Waals surface area contributed by atoms with Crippen LogP contribution < -0.4 is 16.4 Å². The van der Waals surface area contributed by atoms with Gasteiger partial charge in [0.2, 0.25) is 0 Å². The summed E-state index contributed by atoms with van der Waals surface area (Å²) in [6.45, 7) is 2.16. The van der Waals surface area contributed by atoms with Crippen molar-refractivity contribution in [2.45, 2.75) is 13.5 Å². The standard InChI is InChI=1S/C26H21FN6OS/c1-15-4-6-17(12-21(15)27)33-26(34)19-3-2-10-29-25(19)30-13-18-7-9-23(35-18)16-5-8-22-20(11-16)24(28)32-14-31-22/h2-12,14H,13H2,1H3,(H,29,30)(H,33,34)(H2,28,31,32). The predicted molar refractivity (Wildman–Crippen MR) is 138 cm³/mol. The van der Waals surface area contributed by atoms with Gasteiger partial charge in [-0.1, -0.05) is 12.1 Å². The fraction of sp³-hybridized carbons (Fsp3) is 0.0769. The number of thiophene rings is 1. The first-order valence-corrected chi connectivity index (χ1v) is 11.7. The Balaban J connectivity index is 1.31. The number of nitrogens with zero attached hydrogens (tertiary/aromatic N) is 3. The van der Waals surface area contributed by atoms with Gasteiger partial charge in [-0.3, -0.25) is 4.79 Å². The molecule has 0 aliphatic heterocycles. The minimum atomic E-state index is -0.373. The average molecular weight is 485 g/mol. The van der Waals surface area contributed by atoms with E-state index < -0.39 is 0 Å². The lowest BCUT2D eigenvalue weighted by molar-refractivity contribution is 0.102. The summed E-state index contributed by atoms with van der Waals surface area (Å²) >= 11 is 1.63. The highest BCUT2D eigenvalue weighted by Crippen LogP contribution is 2.31. The molecule has 2 aromatic carbocycles. The Labute approximate surface area is 204 Å². The lowest BCUT2D eigenvalue weighted by Crippen LogP contribution is -2.15. The lowest BCUT2D eigenvalue weighted by Gasteiger charge is -2.11. The number of rotatable bonds is 6. The van der Waals surface area contributed by atoms with Crippen molar-refractivity contribution < 1.29 is 9.18 Å². The van der Waals surface area contributed by atoms with Gasteiger partial charge in [0.25, 0.3) is 5.91 Å². The van der Waals surface area contributed by atoms with Gasteiger partial charge in [-0.15, -0.1) is 11.3 Å². The Morgan fingerprint density at radius 1 is 1.06 bits per heavy atom. The number of benzene rings is 2. The molecular weight excluding hydrogens is 463 g/mol. The Morgan fingerprint density at radius 2 is 1.94 bits per heavy atom. The van der Waals surface area contributed by atoms with E-state index in [1.54, 1.807) is 48.7 Å². The highest BCUT2D eigenvalue weighted by atomic mass is 32.1. The number of anilines is 3. The van der Waals surface area contributed by atoms with Crippen molar-refractivity contribution >= 4 is 45.5 Å². The summed E-state index contributed by atoms with van der Waals surface area (Å²) in [4.78, 5) is 27.6. The van der Waals surface area contributed by atoms with E-state index in [0.717, 1.165) is 26.2 Å². The SMILES string of the molecule is Cc1ccc(NC(=O)c2cccnc2NCc2ccc(-c3ccc4ncnc(N)c4c3)s2)cc1F. The number of amides is 1. The molecule has 0 radical (unpaired) electrons. The van der Waals surface area contributed by atoms with E-state index in [1.165, 1.54) is 12.4 Å². The topological polar surface area (TPSA) is 106 Å². The average Bonchev–Trinajstić information content (AvgIpc) is 3.34. The molecule has 0 atom stereocenters. The molecule has 5 aromatic rings. The molecule has 0 bridgehead atoms. The molecule has 0 saturated heterocycles. The molecule has 7 nitrogen and oxygen atoms in total. The zero-order valence-electron chi connectivity index (χ0n) is 18.7. The van der Waals surface area contributed by atoms with Crippen molar-refractivity contribution in [2.24, 2.45) is 0 Å². The molecule has 5 rings (SSSR count). The van der Waals surface area contributed by atoms with Crippen LogP contribution in [0, 0.1) is 12.7 Å². The molecule has 0 aliphatic rings. The number of hydrogen-bond donors (Lipinski definition) is 3. The van der Waals surface area contributed by atoms with E-state index in [2.05, 4.69) is 25.6 Å². The molecule has 174 valence electrons. The van der Waals surface area contributed by atoms with Gasteiger partial charge in [0.05, 0.1) is 17.6 Å². The van der Waals surface area contributed by atoms with Crippen LogP contribution in [0.15, 0.2) is 73.2 Å². The zero-order valence-corrected chi connectivity index (χ0v) is 19.6. The maximum atomic E-state index is 13.9. The first-order valence-electron chi connectivity index (χ1n) is 10.8. The van der Waals surface area contributed by atoms with Crippen molar-refractivity contribution in [3.8, 4) is 10.4 Å². The molecule has 0 aliphatic carbocycles. The van der Waals surface area contributed by atoms with Crippen LogP contribution in [-0.2, 0) is 6.54 Å². The van der Waals surface area contributed by atoms with Crippen molar-refractivity contribution in [3.63, 3.8) is 0 Å². The number of pyridine rings is 1. The van der Waals surface area contributed by atoms with E-state index in [-0.39, 0.29) is 11.7 Å². The van der Waals surface area contributed by atoms with Gasteiger partial charge >= 0.3 is 0 Å². The zero-order chi connectivity index (χ0) is 24.4. The van der Waals surface area contributed by atoms with Gasteiger partial charge in [0.15, 0.2) is 0 Å². The summed E-state index contributed by atoms with van der Waals surface area (Å²) < 4.78 is 13.9. The summed E-state index contributed by atoms with van der Waals surface area (Å²) in [5.41, 5.74) is 9.11. The second-order valence-corrected chi connectivity index (χ2v) is 9.10. The van der Waals surface area contributed by atoms with Gasteiger partial charge < -0.3 is 16.4 Å². The Morgan fingerprint density at radius 3 is 2.80 bits per heavy atom. The second kappa shape index (κ2) is 9.47. The smallest absolute Gasteiger partial charge is 0.259 e. The lowest BCUT2D eigenvalue weighted by atomic mass is 10.1. The van der Waals surface area contributed by atoms with E-state index >= 15 is 0 Å². The van der Waals surface area contributed by atoms with Crippen molar-refractivity contribution in [1.29, 1.82) is 0 Å². The Hall–Kier alpha value is -4.37. The summed E-state index contributed by atoms with van der Waals surface area (Å²) in [6.07, 6.45) is 3.07. The minimum absolute atomic E-state index is 0.369. The normalized spacial score (nSPS) is 10.9. The molecule has 0 saturated carbocycles. The monoisotopic (exact) mass is 484 g/mol. The van der Waals surface area contributed by atoms with Gasteiger partial charge in [-0.05, 0) is 66.6 Å². The third-order valence-corrected chi connectivity index (χ3v) is 6.66. The number of nitrogens with two attached hydrogens (primary N) is 1. The van der Waals surface area contributed by atoms with Crippen LogP contribution in [0.5, 0.6) is 0 Å². The summed E-state index contributed by atoms with van der Waals surface area (Å²) in [7, 11) is 0. The number of carbonyl (C=O) groups excluding carboxylic acids is 1. The number of aromatic nitrogens is 3. The van der Waals surface area contributed by atoms with Crippen molar-refractivity contribution in [2.75, 3.05) is 16.4 Å². The number of nitrogen functional groups attached to an aromatic ring is 1. The summed E-state index contributed by atoms with van der Waals surface area (Å²) in [5, 5.41) is 6.79. The van der Waals surface area contributed by atoms with E-state index in [9.17, 15) is 9.18 Å². The van der Waals surface area contributed by atoms with Crippen LogP contribution in [0.25, 0.3) is 21.3 Å². The molecule has 3 aromatic heterocycles. The maximum Gasteiger partial charge on any atom is 0.259 e.